The first-order valence-corrected chi connectivity index (χ1v) is 31.2. The summed E-state index contributed by atoms with van der Waals surface area (Å²) < 4.78 is 10.7. The molecule has 6 aromatic rings. The Morgan fingerprint density at radius 2 is 0.900 bits per heavy atom. The molecule has 7 amide bonds. The Bertz CT molecular complexity index is 4240. The van der Waals surface area contributed by atoms with E-state index in [1.807, 2.05) is 13.8 Å². The Morgan fingerprint density at radius 3 is 1.23 bits per heavy atom. The van der Waals surface area contributed by atoms with Crippen molar-refractivity contribution in [3.63, 3.8) is 0 Å². The molecule has 0 unspecified atom stereocenters. The van der Waals surface area contributed by atoms with Gasteiger partial charge in [0.1, 0.15) is 46.0 Å². The molecule has 0 aliphatic rings. The maximum absolute atomic E-state index is 13.2. The Hall–Kier alpha value is -13.0. The molecule has 518 valence electrons. The predicted molar refractivity (Wildman–Crippen MR) is 392 cm³/mol. The van der Waals surface area contributed by atoms with Crippen molar-refractivity contribution in [2.75, 3.05) is 69.7 Å². The fraction of sp³-hybridized carbons (Fsp3) is 0.307. The van der Waals surface area contributed by atoms with Crippen LogP contribution in [0.1, 0.15) is 139 Å². The highest BCUT2D eigenvalue weighted by Gasteiger charge is 2.29. The number of benzene rings is 4. The van der Waals surface area contributed by atoms with Gasteiger partial charge in [0.15, 0.2) is 0 Å². The zero-order chi connectivity index (χ0) is 74.4. The van der Waals surface area contributed by atoms with Crippen molar-refractivity contribution in [2.45, 2.75) is 126 Å². The number of hydrogen-bond donors (Lipinski definition) is 9. The molecule has 6 rings (SSSR count). The summed E-state index contributed by atoms with van der Waals surface area (Å²) >= 11 is 0. The molecular formula is C75H84N16O9. The SMILES string of the molecule is C#CC#CC#CC.CC#CC#CC#CC.CCCNc1nc(Nc2ccc(C#N)cc2)ncc1C(=O)Nc1cccc(NC(=O)[C@H](C)N(C)C(=O)OC(C)(C)C)c1.CCCNc1nc(Nc2ccc(C(N)=O)cc2)ncc1C(=O)Nc1cccc(NC(=O)[C@H](C)N(C)C(=O)OC(C)(C)C)c1. The van der Waals surface area contributed by atoms with Crippen LogP contribution >= 0.6 is 0 Å². The number of carbonyl (C=O) groups excluding carboxylic acids is 7. The minimum atomic E-state index is -0.814. The number of aromatic nitrogens is 4. The summed E-state index contributed by atoms with van der Waals surface area (Å²) in [5.41, 5.74) is 8.31. The summed E-state index contributed by atoms with van der Waals surface area (Å²) in [5, 5.41) is 32.6. The van der Waals surface area contributed by atoms with Gasteiger partial charge in [0, 0.05) is 79.3 Å². The summed E-state index contributed by atoms with van der Waals surface area (Å²) in [4.78, 5) is 108. The van der Waals surface area contributed by atoms with E-state index >= 15 is 0 Å². The van der Waals surface area contributed by atoms with Gasteiger partial charge in [0.05, 0.1) is 11.6 Å². The van der Waals surface area contributed by atoms with Crippen LogP contribution in [-0.4, -0.2) is 122 Å². The van der Waals surface area contributed by atoms with Gasteiger partial charge in [-0.15, -0.1) is 6.42 Å². The normalized spacial score (nSPS) is 10.3. The van der Waals surface area contributed by atoms with E-state index in [1.54, 1.807) is 173 Å². The Labute approximate surface area is 585 Å². The largest absolute Gasteiger partial charge is 0.444 e. The molecule has 0 aliphatic heterocycles. The molecule has 100 heavy (non-hydrogen) atoms. The second-order valence-corrected chi connectivity index (χ2v) is 23.0. The Balaban J connectivity index is 0.000000431. The summed E-state index contributed by atoms with van der Waals surface area (Å²) in [5.74, 6) is 26.4. The van der Waals surface area contributed by atoms with E-state index in [9.17, 15) is 33.6 Å². The molecule has 4 aromatic carbocycles. The maximum atomic E-state index is 13.2. The molecule has 25 heteroatoms. The van der Waals surface area contributed by atoms with Crippen molar-refractivity contribution in [1.82, 2.24) is 29.7 Å². The van der Waals surface area contributed by atoms with Crippen LogP contribution in [0.3, 0.4) is 0 Å². The fourth-order valence-electron chi connectivity index (χ4n) is 7.47. The first-order chi connectivity index (χ1) is 47.5. The second kappa shape index (κ2) is 41.7. The molecule has 0 aliphatic carbocycles. The highest BCUT2D eigenvalue weighted by atomic mass is 16.6. The number of ether oxygens (including phenoxy) is 2. The van der Waals surface area contributed by atoms with Crippen molar-refractivity contribution in [3.05, 3.63) is 132 Å². The average molecular weight is 1350 g/mol. The first kappa shape index (κ1) is 81.2. The maximum Gasteiger partial charge on any atom is 0.410 e. The molecule has 10 N–H and O–H groups in total. The van der Waals surface area contributed by atoms with E-state index in [-0.39, 0.29) is 23.0 Å². The van der Waals surface area contributed by atoms with Crippen LogP contribution < -0.4 is 48.3 Å². The number of hydrogen-bond acceptors (Lipinski definition) is 18. The van der Waals surface area contributed by atoms with Gasteiger partial charge in [-0.2, -0.15) is 15.2 Å². The molecule has 0 saturated heterocycles. The number of anilines is 10. The van der Waals surface area contributed by atoms with Crippen LogP contribution in [0.2, 0.25) is 0 Å². The average Bonchev–Trinajstić information content (AvgIpc) is 0.834. The second-order valence-electron chi connectivity index (χ2n) is 23.0. The molecular weight excluding hydrogens is 1270 g/mol. The van der Waals surface area contributed by atoms with Crippen LogP contribution in [0.15, 0.2) is 109 Å². The fourth-order valence-corrected chi connectivity index (χ4v) is 7.47. The molecule has 2 aromatic heterocycles. The zero-order valence-electron chi connectivity index (χ0n) is 58.8. The van der Waals surface area contributed by atoms with Crippen LogP contribution in [0.25, 0.3) is 0 Å². The number of nitriles is 1. The van der Waals surface area contributed by atoms with Crippen LogP contribution in [0.5, 0.6) is 0 Å². The Morgan fingerprint density at radius 1 is 0.540 bits per heavy atom. The quantitative estimate of drug-likeness (QED) is 0.0302. The standard InChI is InChI=1S/C30H38N8O5.C30H36N8O4.C8H6.C7H4/c1-7-15-32-25-23(17-33-28(37-25)36-20-13-11-19(12-14-20)24(31)39)27(41)35-22-10-8-9-21(16-22)34-26(40)18(2)38(6)29(42)43-30(3,4)5;1-7-15-32-25-24(18-33-28(37-25)36-21-13-11-20(17-31)12-14-21)27(40)35-23-10-8-9-22(16-23)34-26(39)19(2)38(6)29(41)42-30(3,4)5;1-3-5-7-8-6-4-2;1-3-5-7-6-4-2/h8-14,16-18H,7,15H2,1-6H3,(H2,31,39)(H,34,40)(H,35,41)(H2,32,33,36,37);8-14,16,18-19H,7,15H2,1-6H3,(H,34,39)(H,35,40)(H2,32,33,36,37);1-2H3;1H,2H3/t18-;19-;;/m00../s1. The lowest BCUT2D eigenvalue weighted by molar-refractivity contribution is -0.120. The summed E-state index contributed by atoms with van der Waals surface area (Å²) in [7, 11) is 2.98. The van der Waals surface area contributed by atoms with E-state index < -0.39 is 65.0 Å². The zero-order valence-corrected chi connectivity index (χ0v) is 58.8. The topological polar surface area (TPSA) is 342 Å². The van der Waals surface area contributed by atoms with Gasteiger partial charge < -0.3 is 57.7 Å². The van der Waals surface area contributed by atoms with Gasteiger partial charge in [-0.25, -0.2) is 19.6 Å². The van der Waals surface area contributed by atoms with E-state index in [2.05, 4.69) is 134 Å². The number of carbonyl (C=O) groups is 7. The number of nitrogens with zero attached hydrogens (tertiary/aromatic N) is 7. The molecule has 25 nitrogen and oxygen atoms in total. The number of likely N-dealkylation sites (N-methyl/N-ethyl adjacent to an activating group) is 2. The van der Waals surface area contributed by atoms with Gasteiger partial charge in [-0.05, 0) is 221 Å². The van der Waals surface area contributed by atoms with Crippen molar-refractivity contribution in [1.29, 1.82) is 5.26 Å². The van der Waals surface area contributed by atoms with E-state index in [4.69, 9.17) is 26.9 Å². The number of nitrogens with two attached hydrogens (primary N) is 1. The minimum Gasteiger partial charge on any atom is -0.444 e. The third kappa shape index (κ3) is 29.7. The highest BCUT2D eigenvalue weighted by Crippen LogP contribution is 2.25. The lowest BCUT2D eigenvalue weighted by atomic mass is 10.2. The smallest absolute Gasteiger partial charge is 0.410 e. The Kier molecular flexibility index (Phi) is 33.9. The van der Waals surface area contributed by atoms with E-state index in [0.29, 0.717) is 70.0 Å². The molecule has 0 bridgehead atoms. The molecule has 0 fully saturated rings. The highest BCUT2D eigenvalue weighted by molar-refractivity contribution is 6.09. The van der Waals surface area contributed by atoms with Crippen molar-refractivity contribution in [3.8, 4) is 77.6 Å². The molecule has 2 atom stereocenters. The summed E-state index contributed by atoms with van der Waals surface area (Å²) in [6, 6.07) is 27.1. The molecule has 2 heterocycles. The number of rotatable bonds is 21. The van der Waals surface area contributed by atoms with Crippen molar-refractivity contribution in [2.24, 2.45) is 5.73 Å². The third-order valence-corrected chi connectivity index (χ3v) is 12.7. The van der Waals surface area contributed by atoms with Gasteiger partial charge in [-0.3, -0.25) is 33.8 Å². The third-order valence-electron chi connectivity index (χ3n) is 12.7. The summed E-state index contributed by atoms with van der Waals surface area (Å²) in [6.07, 6.45) is 7.98. The minimum absolute atomic E-state index is 0.213. The predicted octanol–water partition coefficient (Wildman–Crippen LogP) is 11.6. The molecule has 0 spiro atoms. The van der Waals surface area contributed by atoms with Crippen molar-refractivity contribution >= 4 is 99.4 Å². The molecule has 0 saturated carbocycles. The van der Waals surface area contributed by atoms with Gasteiger partial charge in [0.25, 0.3) is 11.8 Å². The number of primary amides is 1. The number of nitrogens with one attached hydrogen (secondary N) is 8. The van der Waals surface area contributed by atoms with Gasteiger partial charge in [-0.1, -0.05) is 43.7 Å². The van der Waals surface area contributed by atoms with Crippen molar-refractivity contribution < 1.29 is 43.0 Å². The number of terminal acetylenes is 1. The van der Waals surface area contributed by atoms with E-state index in [0.717, 1.165) is 12.8 Å². The number of amides is 7. The molecule has 0 radical (unpaired) electrons. The monoisotopic (exact) mass is 1350 g/mol. The lowest BCUT2D eigenvalue weighted by Crippen LogP contribution is -2.45. The van der Waals surface area contributed by atoms with Gasteiger partial charge in [0.2, 0.25) is 29.6 Å². The van der Waals surface area contributed by atoms with E-state index in [1.165, 1.54) is 36.3 Å². The van der Waals surface area contributed by atoms with Crippen LogP contribution in [-0.2, 0) is 19.1 Å². The van der Waals surface area contributed by atoms with Gasteiger partial charge >= 0.3 is 12.2 Å². The lowest BCUT2D eigenvalue weighted by Gasteiger charge is -2.28. The van der Waals surface area contributed by atoms with Crippen LogP contribution in [0.4, 0.5) is 67.2 Å². The first-order valence-electron chi connectivity index (χ1n) is 31.2. The van der Waals surface area contributed by atoms with Crippen LogP contribution in [0, 0.1) is 82.9 Å². The summed E-state index contributed by atoms with van der Waals surface area (Å²) in [6.45, 7) is 24.0.